The van der Waals surface area contributed by atoms with Gasteiger partial charge in [-0.1, -0.05) is 54.4 Å². The van der Waals surface area contributed by atoms with Crippen molar-refractivity contribution in [1.82, 2.24) is 19.4 Å². The van der Waals surface area contributed by atoms with Crippen molar-refractivity contribution in [3.63, 3.8) is 0 Å². The minimum atomic E-state index is -0.596. The van der Waals surface area contributed by atoms with Crippen LogP contribution in [0.1, 0.15) is 74.3 Å². The Morgan fingerprint density at radius 1 is 1.02 bits per heavy atom. The fraction of sp³-hybridized carbons (Fsp3) is 0.371. The molecule has 8 nitrogen and oxygen atoms in total. The maximum atomic E-state index is 14.2. The van der Waals surface area contributed by atoms with E-state index in [1.54, 1.807) is 27.7 Å². The SMILES string of the molecule is CCC(c1nc2cc(C#N)ccc2c(=O)n1-c1ccc(C)cc1)N1CCN(C(=O)OC(C)(C)C)CC1c1ccc(C)cc1. The summed E-state index contributed by atoms with van der Waals surface area (Å²) in [4.78, 5) is 36.6. The van der Waals surface area contributed by atoms with Crippen molar-refractivity contribution >= 4 is 17.0 Å². The number of aromatic nitrogens is 2. The second-order valence-electron chi connectivity index (χ2n) is 12.3. The van der Waals surface area contributed by atoms with Gasteiger partial charge in [0.05, 0.1) is 40.3 Å². The first-order valence-electron chi connectivity index (χ1n) is 14.8. The molecule has 222 valence electrons. The van der Waals surface area contributed by atoms with Crippen LogP contribution in [-0.2, 0) is 4.74 Å². The molecule has 5 rings (SSSR count). The van der Waals surface area contributed by atoms with Crippen molar-refractivity contribution in [2.24, 2.45) is 0 Å². The van der Waals surface area contributed by atoms with E-state index in [9.17, 15) is 14.9 Å². The van der Waals surface area contributed by atoms with Gasteiger partial charge >= 0.3 is 6.09 Å². The highest BCUT2D eigenvalue weighted by molar-refractivity contribution is 5.79. The number of benzene rings is 3. The van der Waals surface area contributed by atoms with E-state index in [4.69, 9.17) is 9.72 Å². The van der Waals surface area contributed by atoms with Gasteiger partial charge in [-0.25, -0.2) is 9.78 Å². The van der Waals surface area contributed by atoms with Crippen molar-refractivity contribution in [2.45, 2.75) is 65.6 Å². The van der Waals surface area contributed by atoms with E-state index in [-0.39, 0.29) is 23.7 Å². The first-order valence-corrected chi connectivity index (χ1v) is 14.8. The topological polar surface area (TPSA) is 91.5 Å². The summed E-state index contributed by atoms with van der Waals surface area (Å²) in [6.07, 6.45) is 0.345. The summed E-state index contributed by atoms with van der Waals surface area (Å²) in [5.41, 5.74) is 4.24. The lowest BCUT2D eigenvalue weighted by molar-refractivity contribution is -0.00735. The molecule has 4 aromatic rings. The number of amides is 1. The van der Waals surface area contributed by atoms with Crippen LogP contribution in [0.3, 0.4) is 0 Å². The fourth-order valence-corrected chi connectivity index (χ4v) is 5.75. The maximum Gasteiger partial charge on any atom is 0.410 e. The molecule has 2 heterocycles. The third-order valence-electron chi connectivity index (χ3n) is 7.94. The molecule has 8 heteroatoms. The van der Waals surface area contributed by atoms with Gasteiger partial charge in [0.15, 0.2) is 0 Å². The van der Waals surface area contributed by atoms with Crippen LogP contribution >= 0.6 is 0 Å². The van der Waals surface area contributed by atoms with E-state index in [0.29, 0.717) is 48.3 Å². The predicted molar refractivity (Wildman–Crippen MR) is 168 cm³/mol. The molecule has 43 heavy (non-hydrogen) atoms. The fourth-order valence-electron chi connectivity index (χ4n) is 5.75. The molecular formula is C35H39N5O3. The van der Waals surface area contributed by atoms with Crippen molar-refractivity contribution in [1.29, 1.82) is 5.26 Å². The van der Waals surface area contributed by atoms with Crippen LogP contribution < -0.4 is 5.56 Å². The normalized spacial score (nSPS) is 16.6. The molecule has 2 unspecified atom stereocenters. The molecule has 1 aliphatic heterocycles. The Kier molecular flexibility index (Phi) is 8.38. The molecule has 0 aliphatic carbocycles. The van der Waals surface area contributed by atoms with Crippen LogP contribution in [0.25, 0.3) is 16.6 Å². The number of rotatable bonds is 5. The molecule has 0 saturated carbocycles. The molecule has 0 N–H and O–H groups in total. The average molecular weight is 578 g/mol. The number of nitriles is 1. The average Bonchev–Trinajstić information content (AvgIpc) is 2.98. The largest absolute Gasteiger partial charge is 0.444 e. The van der Waals surface area contributed by atoms with Crippen LogP contribution in [0.15, 0.2) is 71.5 Å². The standard InChI is InChI=1S/C35H39N5O3/c1-7-30(39-19-18-38(34(42)43-35(4,5)6)22-31(39)26-13-8-23(2)9-14-26)32-37-29-20-25(21-36)12-17-28(29)33(41)40(32)27-15-10-24(3)11-16-27/h8-17,20,30-31H,7,18-19,22H2,1-6H3. The molecule has 0 radical (unpaired) electrons. The highest BCUT2D eigenvalue weighted by Crippen LogP contribution is 2.36. The molecule has 1 fully saturated rings. The van der Waals surface area contributed by atoms with Crippen LogP contribution in [-0.4, -0.2) is 50.7 Å². The number of ether oxygens (including phenoxy) is 1. The predicted octanol–water partition coefficient (Wildman–Crippen LogP) is 6.62. The second-order valence-corrected chi connectivity index (χ2v) is 12.3. The first-order chi connectivity index (χ1) is 20.5. The van der Waals surface area contributed by atoms with Gasteiger partial charge in [0.2, 0.25) is 0 Å². The summed E-state index contributed by atoms with van der Waals surface area (Å²) < 4.78 is 7.46. The van der Waals surface area contributed by atoms with E-state index in [0.717, 1.165) is 22.4 Å². The Labute approximate surface area is 253 Å². The lowest BCUT2D eigenvalue weighted by atomic mass is 9.97. The third-order valence-corrected chi connectivity index (χ3v) is 7.94. The zero-order valence-electron chi connectivity index (χ0n) is 25.8. The molecular weight excluding hydrogens is 538 g/mol. The van der Waals surface area contributed by atoms with Gasteiger partial charge in [0.1, 0.15) is 11.4 Å². The summed E-state index contributed by atoms with van der Waals surface area (Å²) in [5.74, 6) is 0.613. The highest BCUT2D eigenvalue weighted by Gasteiger charge is 2.38. The molecule has 1 aliphatic rings. The number of nitrogens with zero attached hydrogens (tertiary/aromatic N) is 5. The van der Waals surface area contributed by atoms with Crippen LogP contribution in [0.5, 0.6) is 0 Å². The van der Waals surface area contributed by atoms with Crippen molar-refractivity contribution in [2.75, 3.05) is 19.6 Å². The quantitative estimate of drug-likeness (QED) is 0.265. The number of hydrogen-bond donors (Lipinski definition) is 0. The Morgan fingerprint density at radius 3 is 2.28 bits per heavy atom. The Morgan fingerprint density at radius 2 is 1.67 bits per heavy atom. The third kappa shape index (κ3) is 6.32. The molecule has 1 saturated heterocycles. The number of piperazine rings is 1. The zero-order valence-corrected chi connectivity index (χ0v) is 25.8. The van der Waals surface area contributed by atoms with Crippen LogP contribution in [0.2, 0.25) is 0 Å². The molecule has 0 spiro atoms. The molecule has 1 aromatic heterocycles. The first kappa shape index (κ1) is 30.0. The Hall–Kier alpha value is -4.48. The number of fused-ring (bicyclic) bond motifs is 1. The smallest absolute Gasteiger partial charge is 0.410 e. The summed E-state index contributed by atoms with van der Waals surface area (Å²) in [7, 11) is 0. The number of carbonyl (C=O) groups is 1. The van der Waals surface area contributed by atoms with E-state index >= 15 is 0 Å². The highest BCUT2D eigenvalue weighted by atomic mass is 16.6. The Balaban J connectivity index is 1.66. The number of hydrogen-bond acceptors (Lipinski definition) is 6. The van der Waals surface area contributed by atoms with Crippen LogP contribution in [0, 0.1) is 25.2 Å². The number of aryl methyl sites for hydroxylation is 2. The monoisotopic (exact) mass is 577 g/mol. The zero-order chi connectivity index (χ0) is 30.9. The minimum Gasteiger partial charge on any atom is -0.444 e. The molecule has 0 bridgehead atoms. The van der Waals surface area contributed by atoms with Gasteiger partial charge in [-0.2, -0.15) is 5.26 Å². The van der Waals surface area contributed by atoms with E-state index in [1.807, 2.05) is 52.0 Å². The molecule has 3 aromatic carbocycles. The maximum absolute atomic E-state index is 14.2. The minimum absolute atomic E-state index is 0.156. The van der Waals surface area contributed by atoms with E-state index < -0.39 is 5.60 Å². The van der Waals surface area contributed by atoms with Crippen molar-refractivity contribution in [3.05, 3.63) is 105 Å². The summed E-state index contributed by atoms with van der Waals surface area (Å²) in [6, 6.07) is 23.1. The van der Waals surface area contributed by atoms with Gasteiger partial charge < -0.3 is 9.64 Å². The van der Waals surface area contributed by atoms with Gasteiger partial charge in [-0.05, 0) is 76.9 Å². The van der Waals surface area contributed by atoms with E-state index in [1.165, 1.54) is 0 Å². The summed E-state index contributed by atoms with van der Waals surface area (Å²) >= 11 is 0. The van der Waals surface area contributed by atoms with Gasteiger partial charge in [-0.3, -0.25) is 14.3 Å². The van der Waals surface area contributed by atoms with Gasteiger partial charge in [-0.15, -0.1) is 0 Å². The summed E-state index contributed by atoms with van der Waals surface area (Å²) in [5, 5.41) is 10.0. The summed E-state index contributed by atoms with van der Waals surface area (Å²) in [6.45, 7) is 13.3. The Bertz CT molecular complexity index is 1730. The van der Waals surface area contributed by atoms with Gasteiger partial charge in [0.25, 0.3) is 5.56 Å². The molecule has 1 amide bonds. The number of carbonyl (C=O) groups excluding carboxylic acids is 1. The second kappa shape index (κ2) is 12.0. The van der Waals surface area contributed by atoms with Crippen molar-refractivity contribution in [3.8, 4) is 11.8 Å². The molecule has 2 atom stereocenters. The van der Waals surface area contributed by atoms with E-state index in [2.05, 4.69) is 49.1 Å². The lowest BCUT2D eigenvalue weighted by Crippen LogP contribution is -2.52. The lowest BCUT2D eigenvalue weighted by Gasteiger charge is -2.45. The van der Waals surface area contributed by atoms with Crippen molar-refractivity contribution < 1.29 is 9.53 Å². The van der Waals surface area contributed by atoms with Gasteiger partial charge in [0, 0.05) is 19.6 Å². The van der Waals surface area contributed by atoms with Crippen LogP contribution in [0.4, 0.5) is 4.79 Å².